The largest absolute Gasteiger partial charge is 0.436 e. The Kier molecular flexibility index (Phi) is 3.01. The van der Waals surface area contributed by atoms with Crippen LogP contribution in [-0.4, -0.2) is 12.0 Å². The number of hydrogen-bond acceptors (Lipinski definition) is 3. The Morgan fingerprint density at radius 3 is 2.68 bits per heavy atom. The van der Waals surface area contributed by atoms with Crippen LogP contribution in [0.15, 0.2) is 46.9 Å². The lowest BCUT2D eigenvalue weighted by Crippen LogP contribution is -2.04. The van der Waals surface area contributed by atoms with Crippen LogP contribution in [0.1, 0.15) is 5.56 Å². The summed E-state index contributed by atoms with van der Waals surface area (Å²) in [7, 11) is 1.90. The molecule has 2 aromatic carbocycles. The Bertz CT molecular complexity index is 704. The van der Waals surface area contributed by atoms with Crippen LogP contribution in [-0.2, 0) is 6.54 Å². The van der Waals surface area contributed by atoms with Gasteiger partial charge in [0, 0.05) is 12.1 Å². The van der Waals surface area contributed by atoms with E-state index >= 15 is 0 Å². The zero-order valence-corrected chi connectivity index (χ0v) is 10.5. The van der Waals surface area contributed by atoms with E-state index in [9.17, 15) is 4.39 Å². The Morgan fingerprint density at radius 1 is 1.16 bits per heavy atom. The molecule has 3 rings (SSSR count). The Morgan fingerprint density at radius 2 is 1.95 bits per heavy atom. The summed E-state index contributed by atoms with van der Waals surface area (Å²) in [5.41, 5.74) is 3.47. The third-order valence-electron chi connectivity index (χ3n) is 2.92. The van der Waals surface area contributed by atoms with Crippen molar-refractivity contribution in [3.8, 4) is 11.5 Å². The minimum absolute atomic E-state index is 0.267. The SMILES string of the molecule is CNCc1ccc2oc(-c3ccc(F)cc3)nc2c1. The summed E-state index contributed by atoms with van der Waals surface area (Å²) >= 11 is 0. The van der Waals surface area contributed by atoms with Crippen molar-refractivity contribution >= 4 is 11.1 Å². The maximum atomic E-state index is 12.9. The average Bonchev–Trinajstić information content (AvgIpc) is 2.83. The molecule has 96 valence electrons. The van der Waals surface area contributed by atoms with E-state index in [-0.39, 0.29) is 5.82 Å². The van der Waals surface area contributed by atoms with Gasteiger partial charge in [-0.15, -0.1) is 0 Å². The minimum atomic E-state index is -0.267. The highest BCUT2D eigenvalue weighted by Gasteiger charge is 2.08. The van der Waals surface area contributed by atoms with Crippen LogP contribution >= 0.6 is 0 Å². The van der Waals surface area contributed by atoms with Gasteiger partial charge in [0.15, 0.2) is 5.58 Å². The molecule has 0 aliphatic rings. The molecule has 0 radical (unpaired) electrons. The quantitative estimate of drug-likeness (QED) is 0.781. The van der Waals surface area contributed by atoms with Gasteiger partial charge in [0.2, 0.25) is 5.89 Å². The summed E-state index contributed by atoms with van der Waals surface area (Å²) in [5, 5.41) is 3.09. The van der Waals surface area contributed by atoms with Crippen molar-refractivity contribution in [2.24, 2.45) is 0 Å². The molecule has 0 saturated carbocycles. The molecule has 0 aliphatic carbocycles. The molecule has 19 heavy (non-hydrogen) atoms. The maximum Gasteiger partial charge on any atom is 0.227 e. The second kappa shape index (κ2) is 4.82. The van der Waals surface area contributed by atoms with Gasteiger partial charge in [-0.2, -0.15) is 0 Å². The van der Waals surface area contributed by atoms with Gasteiger partial charge in [-0.05, 0) is 49.0 Å². The van der Waals surface area contributed by atoms with E-state index in [0.29, 0.717) is 5.89 Å². The van der Waals surface area contributed by atoms with Crippen molar-refractivity contribution in [1.29, 1.82) is 0 Å². The summed E-state index contributed by atoms with van der Waals surface area (Å²) in [4.78, 5) is 4.44. The van der Waals surface area contributed by atoms with Gasteiger partial charge in [-0.25, -0.2) is 9.37 Å². The number of nitrogens with zero attached hydrogens (tertiary/aromatic N) is 1. The lowest BCUT2D eigenvalue weighted by atomic mass is 10.2. The molecular formula is C15H13FN2O. The van der Waals surface area contributed by atoms with Gasteiger partial charge >= 0.3 is 0 Å². The first kappa shape index (κ1) is 11.9. The Hall–Kier alpha value is -2.20. The minimum Gasteiger partial charge on any atom is -0.436 e. The van der Waals surface area contributed by atoms with Gasteiger partial charge in [-0.1, -0.05) is 6.07 Å². The van der Waals surface area contributed by atoms with Crippen LogP contribution in [0.3, 0.4) is 0 Å². The molecular weight excluding hydrogens is 243 g/mol. The zero-order chi connectivity index (χ0) is 13.2. The number of oxazole rings is 1. The molecule has 0 saturated heterocycles. The molecule has 0 amide bonds. The zero-order valence-electron chi connectivity index (χ0n) is 10.5. The Labute approximate surface area is 110 Å². The first-order valence-electron chi connectivity index (χ1n) is 6.06. The van der Waals surface area contributed by atoms with Crippen molar-refractivity contribution in [1.82, 2.24) is 10.3 Å². The summed E-state index contributed by atoms with van der Waals surface area (Å²) in [6.07, 6.45) is 0. The maximum absolute atomic E-state index is 12.9. The molecule has 0 spiro atoms. The van der Waals surface area contributed by atoms with Crippen LogP contribution in [0, 0.1) is 5.82 Å². The van der Waals surface area contributed by atoms with Crippen LogP contribution in [0.2, 0.25) is 0 Å². The highest BCUT2D eigenvalue weighted by Crippen LogP contribution is 2.25. The summed E-state index contributed by atoms with van der Waals surface area (Å²) in [6, 6.07) is 12.0. The average molecular weight is 256 g/mol. The second-order valence-electron chi connectivity index (χ2n) is 4.36. The topological polar surface area (TPSA) is 38.1 Å². The van der Waals surface area contributed by atoms with Crippen molar-refractivity contribution < 1.29 is 8.81 Å². The van der Waals surface area contributed by atoms with Crippen LogP contribution < -0.4 is 5.32 Å². The molecule has 1 heterocycles. The number of benzene rings is 2. The molecule has 0 atom stereocenters. The van der Waals surface area contributed by atoms with Crippen molar-refractivity contribution in [2.75, 3.05) is 7.05 Å². The third-order valence-corrected chi connectivity index (χ3v) is 2.92. The van der Waals surface area contributed by atoms with Crippen molar-refractivity contribution in [3.63, 3.8) is 0 Å². The fraction of sp³-hybridized carbons (Fsp3) is 0.133. The number of hydrogen-bond donors (Lipinski definition) is 1. The van der Waals surface area contributed by atoms with E-state index in [1.54, 1.807) is 12.1 Å². The molecule has 0 bridgehead atoms. The first-order chi connectivity index (χ1) is 9.26. The molecule has 0 unspecified atom stereocenters. The number of fused-ring (bicyclic) bond motifs is 1. The van der Waals surface area contributed by atoms with E-state index in [2.05, 4.69) is 10.3 Å². The normalized spacial score (nSPS) is 11.1. The van der Waals surface area contributed by atoms with Crippen molar-refractivity contribution in [3.05, 3.63) is 53.8 Å². The molecule has 1 aromatic heterocycles. The number of aromatic nitrogens is 1. The number of rotatable bonds is 3. The molecule has 0 fully saturated rings. The first-order valence-corrected chi connectivity index (χ1v) is 6.06. The highest BCUT2D eigenvalue weighted by molar-refractivity contribution is 5.76. The summed E-state index contributed by atoms with van der Waals surface area (Å²) < 4.78 is 18.6. The fourth-order valence-electron chi connectivity index (χ4n) is 2.00. The summed E-state index contributed by atoms with van der Waals surface area (Å²) in [6.45, 7) is 0.786. The Balaban J connectivity index is 2.03. The van der Waals surface area contributed by atoms with Gasteiger partial charge < -0.3 is 9.73 Å². The van der Waals surface area contributed by atoms with Crippen LogP contribution in [0.5, 0.6) is 0 Å². The van der Waals surface area contributed by atoms with E-state index in [0.717, 1.165) is 28.8 Å². The van der Waals surface area contributed by atoms with Gasteiger partial charge in [-0.3, -0.25) is 0 Å². The second-order valence-corrected chi connectivity index (χ2v) is 4.36. The predicted molar refractivity (Wildman–Crippen MR) is 72.2 cm³/mol. The predicted octanol–water partition coefficient (Wildman–Crippen LogP) is 3.35. The van der Waals surface area contributed by atoms with Gasteiger partial charge in [0.05, 0.1) is 0 Å². The lowest BCUT2D eigenvalue weighted by Gasteiger charge is -1.97. The number of nitrogens with one attached hydrogen (secondary N) is 1. The van der Waals surface area contributed by atoms with Gasteiger partial charge in [0.25, 0.3) is 0 Å². The monoisotopic (exact) mass is 256 g/mol. The highest BCUT2D eigenvalue weighted by atomic mass is 19.1. The molecule has 1 N–H and O–H groups in total. The van der Waals surface area contributed by atoms with E-state index in [4.69, 9.17) is 4.42 Å². The smallest absolute Gasteiger partial charge is 0.227 e. The van der Waals surface area contributed by atoms with Gasteiger partial charge in [0.1, 0.15) is 11.3 Å². The van der Waals surface area contributed by atoms with Crippen LogP contribution in [0.4, 0.5) is 4.39 Å². The summed E-state index contributed by atoms with van der Waals surface area (Å²) in [5.74, 6) is 0.243. The third kappa shape index (κ3) is 2.35. The lowest BCUT2D eigenvalue weighted by molar-refractivity contribution is 0.616. The molecule has 4 heteroatoms. The van der Waals surface area contributed by atoms with Crippen molar-refractivity contribution in [2.45, 2.75) is 6.54 Å². The van der Waals surface area contributed by atoms with E-state index in [1.807, 2.05) is 25.2 Å². The van der Waals surface area contributed by atoms with E-state index < -0.39 is 0 Å². The fourth-order valence-corrected chi connectivity index (χ4v) is 2.00. The standard InChI is InChI=1S/C15H13FN2O/c1-17-9-10-2-7-14-13(8-10)18-15(19-14)11-3-5-12(16)6-4-11/h2-8,17H,9H2,1H3. The molecule has 0 aliphatic heterocycles. The number of halogens is 1. The molecule has 3 nitrogen and oxygen atoms in total. The van der Waals surface area contributed by atoms with E-state index in [1.165, 1.54) is 12.1 Å². The molecule has 3 aromatic rings. The van der Waals surface area contributed by atoms with Crippen LogP contribution in [0.25, 0.3) is 22.6 Å².